The molecule has 1 saturated heterocycles. The minimum atomic E-state index is -0.639. The third-order valence-electron chi connectivity index (χ3n) is 3.26. The van der Waals surface area contributed by atoms with Crippen molar-refractivity contribution < 1.29 is 5.11 Å². The lowest BCUT2D eigenvalue weighted by Gasteiger charge is -2.26. The van der Waals surface area contributed by atoms with Gasteiger partial charge in [-0.2, -0.15) is 0 Å². The van der Waals surface area contributed by atoms with Gasteiger partial charge >= 0.3 is 0 Å². The zero-order valence-electron chi connectivity index (χ0n) is 10.5. The van der Waals surface area contributed by atoms with Crippen LogP contribution in [0, 0.1) is 0 Å². The van der Waals surface area contributed by atoms with E-state index in [9.17, 15) is 5.11 Å². The maximum Gasteiger partial charge on any atom is 0.132 e. The highest BCUT2D eigenvalue weighted by molar-refractivity contribution is 9.10. The lowest BCUT2D eigenvalue weighted by Crippen LogP contribution is -2.36. The van der Waals surface area contributed by atoms with E-state index in [4.69, 9.17) is 0 Å². The van der Waals surface area contributed by atoms with Crippen LogP contribution < -0.4 is 5.32 Å². The SMILES string of the molecule is OC(NCCN1CCCCC1)c1cncc(Br)c1. The molecule has 1 aromatic rings. The lowest BCUT2D eigenvalue weighted by molar-refractivity contribution is 0.129. The minimum Gasteiger partial charge on any atom is -0.374 e. The Bertz CT molecular complexity index is 369. The molecule has 0 saturated carbocycles. The molecule has 0 spiro atoms. The smallest absolute Gasteiger partial charge is 0.132 e. The monoisotopic (exact) mass is 313 g/mol. The summed E-state index contributed by atoms with van der Waals surface area (Å²) in [4.78, 5) is 6.49. The van der Waals surface area contributed by atoms with E-state index in [1.807, 2.05) is 6.07 Å². The predicted molar refractivity (Wildman–Crippen MR) is 75.2 cm³/mol. The highest BCUT2D eigenvalue weighted by Gasteiger charge is 2.11. The maximum absolute atomic E-state index is 9.98. The number of halogens is 1. The predicted octanol–water partition coefficient (Wildman–Crippen LogP) is 1.91. The van der Waals surface area contributed by atoms with Gasteiger partial charge < -0.3 is 10.0 Å². The van der Waals surface area contributed by atoms with Crippen LogP contribution in [-0.2, 0) is 0 Å². The first-order chi connectivity index (χ1) is 8.75. The van der Waals surface area contributed by atoms with Crippen LogP contribution in [0.3, 0.4) is 0 Å². The molecule has 5 heteroatoms. The second-order valence-corrected chi connectivity index (χ2v) is 5.61. The molecule has 0 radical (unpaired) electrons. The summed E-state index contributed by atoms with van der Waals surface area (Å²) < 4.78 is 0.886. The molecule has 0 aliphatic carbocycles. The molecule has 18 heavy (non-hydrogen) atoms. The second kappa shape index (κ2) is 7.19. The molecular formula is C13H20BrN3O. The Morgan fingerprint density at radius 3 is 2.83 bits per heavy atom. The van der Waals surface area contributed by atoms with E-state index >= 15 is 0 Å². The zero-order valence-corrected chi connectivity index (χ0v) is 12.1. The van der Waals surface area contributed by atoms with Crippen LogP contribution in [0.2, 0.25) is 0 Å². The van der Waals surface area contributed by atoms with Crippen LogP contribution in [0.4, 0.5) is 0 Å². The fraction of sp³-hybridized carbons (Fsp3) is 0.615. The number of pyridine rings is 1. The number of aliphatic hydroxyl groups is 1. The fourth-order valence-corrected chi connectivity index (χ4v) is 2.62. The average Bonchev–Trinajstić information content (AvgIpc) is 2.40. The molecule has 1 atom stereocenters. The van der Waals surface area contributed by atoms with Crippen LogP contribution >= 0.6 is 15.9 Å². The van der Waals surface area contributed by atoms with Crippen LogP contribution in [-0.4, -0.2) is 41.2 Å². The van der Waals surface area contributed by atoms with Crippen molar-refractivity contribution in [1.82, 2.24) is 15.2 Å². The van der Waals surface area contributed by atoms with E-state index < -0.39 is 6.23 Å². The summed E-state index contributed by atoms with van der Waals surface area (Å²) in [6, 6.07) is 1.88. The largest absolute Gasteiger partial charge is 0.374 e. The fourth-order valence-electron chi connectivity index (χ4n) is 2.24. The van der Waals surface area contributed by atoms with Crippen molar-refractivity contribution in [3.63, 3.8) is 0 Å². The van der Waals surface area contributed by atoms with Crippen molar-refractivity contribution in [2.75, 3.05) is 26.2 Å². The van der Waals surface area contributed by atoms with E-state index in [1.165, 1.54) is 32.4 Å². The van der Waals surface area contributed by atoms with E-state index in [2.05, 4.69) is 31.1 Å². The molecule has 2 N–H and O–H groups in total. The molecule has 0 amide bonds. The Labute approximate surface area is 117 Å². The number of aliphatic hydroxyl groups excluding tert-OH is 1. The summed E-state index contributed by atoms with van der Waals surface area (Å²) in [5, 5.41) is 13.1. The molecule has 1 aliphatic heterocycles. The quantitative estimate of drug-likeness (QED) is 0.815. The van der Waals surface area contributed by atoms with Gasteiger partial charge in [0.2, 0.25) is 0 Å². The van der Waals surface area contributed by atoms with Crippen molar-refractivity contribution in [1.29, 1.82) is 0 Å². The van der Waals surface area contributed by atoms with Gasteiger partial charge in [0.1, 0.15) is 6.23 Å². The van der Waals surface area contributed by atoms with Crippen LogP contribution in [0.25, 0.3) is 0 Å². The van der Waals surface area contributed by atoms with Gasteiger partial charge in [-0.3, -0.25) is 10.3 Å². The van der Waals surface area contributed by atoms with Gasteiger partial charge in [-0.05, 0) is 47.9 Å². The number of hydrogen-bond acceptors (Lipinski definition) is 4. The van der Waals surface area contributed by atoms with E-state index in [0.717, 1.165) is 23.1 Å². The molecule has 2 heterocycles. The van der Waals surface area contributed by atoms with Crippen molar-refractivity contribution in [3.8, 4) is 0 Å². The summed E-state index contributed by atoms with van der Waals surface area (Å²) in [6.07, 6.45) is 6.72. The second-order valence-electron chi connectivity index (χ2n) is 4.70. The Hall–Kier alpha value is -0.490. The number of hydrogen-bond donors (Lipinski definition) is 2. The number of nitrogens with one attached hydrogen (secondary N) is 1. The van der Waals surface area contributed by atoms with Gasteiger partial charge in [-0.25, -0.2) is 0 Å². The number of piperidine rings is 1. The summed E-state index contributed by atoms with van der Waals surface area (Å²) in [5.41, 5.74) is 0.794. The molecule has 100 valence electrons. The highest BCUT2D eigenvalue weighted by Crippen LogP contribution is 2.14. The van der Waals surface area contributed by atoms with E-state index in [-0.39, 0.29) is 0 Å². The van der Waals surface area contributed by atoms with Crippen molar-refractivity contribution in [2.24, 2.45) is 0 Å². The van der Waals surface area contributed by atoms with Crippen molar-refractivity contribution in [2.45, 2.75) is 25.5 Å². The van der Waals surface area contributed by atoms with Gasteiger partial charge in [0.05, 0.1) is 0 Å². The summed E-state index contributed by atoms with van der Waals surface area (Å²) in [5.74, 6) is 0. The molecule has 1 fully saturated rings. The normalized spacial score (nSPS) is 18.8. The molecule has 0 bridgehead atoms. The molecule has 0 aromatic carbocycles. The van der Waals surface area contributed by atoms with Crippen LogP contribution in [0.15, 0.2) is 22.9 Å². The molecule has 1 aromatic heterocycles. The van der Waals surface area contributed by atoms with Gasteiger partial charge in [0.15, 0.2) is 0 Å². The summed E-state index contributed by atoms with van der Waals surface area (Å²) >= 11 is 3.35. The summed E-state index contributed by atoms with van der Waals surface area (Å²) in [7, 11) is 0. The van der Waals surface area contributed by atoms with E-state index in [1.54, 1.807) is 12.4 Å². The topological polar surface area (TPSA) is 48.4 Å². The number of rotatable bonds is 5. The summed E-state index contributed by atoms with van der Waals surface area (Å²) in [6.45, 7) is 4.18. The number of likely N-dealkylation sites (tertiary alicyclic amines) is 1. The van der Waals surface area contributed by atoms with E-state index in [0.29, 0.717) is 0 Å². The Morgan fingerprint density at radius 2 is 2.11 bits per heavy atom. The molecule has 2 rings (SSSR count). The first-order valence-corrected chi connectivity index (χ1v) is 7.29. The zero-order chi connectivity index (χ0) is 12.8. The van der Waals surface area contributed by atoms with Crippen molar-refractivity contribution in [3.05, 3.63) is 28.5 Å². The molecule has 1 aliphatic rings. The Balaban J connectivity index is 1.72. The Morgan fingerprint density at radius 1 is 1.33 bits per heavy atom. The van der Waals surface area contributed by atoms with Gasteiger partial charge in [0, 0.05) is 35.5 Å². The molecule has 4 nitrogen and oxygen atoms in total. The van der Waals surface area contributed by atoms with Gasteiger partial charge in [-0.15, -0.1) is 0 Å². The van der Waals surface area contributed by atoms with Gasteiger partial charge in [0.25, 0.3) is 0 Å². The average molecular weight is 314 g/mol. The number of nitrogens with zero attached hydrogens (tertiary/aromatic N) is 2. The standard InChI is InChI=1S/C13H20BrN3O/c14-12-8-11(9-15-10-12)13(18)16-4-7-17-5-2-1-3-6-17/h8-10,13,16,18H,1-7H2. The lowest BCUT2D eigenvalue weighted by atomic mass is 10.1. The third kappa shape index (κ3) is 4.31. The highest BCUT2D eigenvalue weighted by atomic mass is 79.9. The maximum atomic E-state index is 9.98. The third-order valence-corrected chi connectivity index (χ3v) is 3.69. The van der Waals surface area contributed by atoms with Crippen LogP contribution in [0.5, 0.6) is 0 Å². The number of aromatic nitrogens is 1. The molecule has 1 unspecified atom stereocenters. The van der Waals surface area contributed by atoms with Crippen LogP contribution in [0.1, 0.15) is 31.1 Å². The molecular weight excluding hydrogens is 294 g/mol. The Kier molecular flexibility index (Phi) is 5.56. The first-order valence-electron chi connectivity index (χ1n) is 6.50. The minimum absolute atomic E-state index is 0.639. The van der Waals surface area contributed by atoms with Gasteiger partial charge in [-0.1, -0.05) is 6.42 Å². The first kappa shape index (κ1) is 13.9. The van der Waals surface area contributed by atoms with Crippen molar-refractivity contribution >= 4 is 15.9 Å².